The maximum Gasteiger partial charge on any atom is 0.191 e. The smallest absolute Gasteiger partial charge is 0.191 e. The normalized spacial score (nSPS) is 11.2. The van der Waals surface area contributed by atoms with Crippen molar-refractivity contribution in [2.24, 2.45) is 4.99 Å². The van der Waals surface area contributed by atoms with Crippen LogP contribution in [0.25, 0.3) is 0 Å². The Labute approximate surface area is 130 Å². The van der Waals surface area contributed by atoms with Crippen LogP contribution in [0.1, 0.15) is 18.1 Å². The second-order valence-corrected chi connectivity index (χ2v) is 4.91. The number of nitrogens with one attached hydrogen (secondary N) is 2. The molecular weight excluding hydrogens is 284 g/mol. The fourth-order valence-electron chi connectivity index (χ4n) is 1.79. The highest BCUT2D eigenvalue weighted by molar-refractivity contribution is 6.29. The molecule has 1 heterocycles. The summed E-state index contributed by atoms with van der Waals surface area (Å²) in [4.78, 5) is 8.59. The summed E-state index contributed by atoms with van der Waals surface area (Å²) in [7, 11) is 0. The highest BCUT2D eigenvalue weighted by Crippen LogP contribution is 2.06. The minimum atomic E-state index is 0.497. The van der Waals surface area contributed by atoms with E-state index in [0.29, 0.717) is 11.7 Å². The zero-order valence-corrected chi connectivity index (χ0v) is 12.8. The van der Waals surface area contributed by atoms with Gasteiger partial charge in [-0.1, -0.05) is 48.0 Å². The van der Waals surface area contributed by atoms with E-state index in [2.05, 4.69) is 32.7 Å². The van der Waals surface area contributed by atoms with E-state index in [4.69, 9.17) is 11.6 Å². The Kier molecular flexibility index (Phi) is 6.03. The molecule has 0 aliphatic carbocycles. The van der Waals surface area contributed by atoms with Crippen molar-refractivity contribution in [2.45, 2.75) is 20.0 Å². The number of rotatable bonds is 5. The van der Waals surface area contributed by atoms with Crippen molar-refractivity contribution in [3.8, 4) is 0 Å². The molecule has 2 aromatic rings. The second-order valence-electron chi connectivity index (χ2n) is 4.52. The topological polar surface area (TPSA) is 49.3 Å². The third-order valence-electron chi connectivity index (χ3n) is 2.86. The predicted octanol–water partition coefficient (Wildman–Crippen LogP) is 2.99. The molecule has 4 nitrogen and oxygen atoms in total. The van der Waals surface area contributed by atoms with Gasteiger partial charge in [-0.25, -0.2) is 9.98 Å². The fourth-order valence-corrected chi connectivity index (χ4v) is 1.91. The van der Waals surface area contributed by atoms with Crippen molar-refractivity contribution in [2.75, 3.05) is 6.54 Å². The van der Waals surface area contributed by atoms with E-state index >= 15 is 0 Å². The van der Waals surface area contributed by atoms with Crippen LogP contribution in [-0.4, -0.2) is 17.5 Å². The lowest BCUT2D eigenvalue weighted by Crippen LogP contribution is -2.36. The average molecular weight is 303 g/mol. The minimum Gasteiger partial charge on any atom is -0.357 e. The van der Waals surface area contributed by atoms with Crippen LogP contribution in [-0.2, 0) is 13.1 Å². The maximum atomic E-state index is 5.77. The molecule has 0 atom stereocenters. The first kappa shape index (κ1) is 15.3. The van der Waals surface area contributed by atoms with Gasteiger partial charge in [0.15, 0.2) is 5.96 Å². The van der Waals surface area contributed by atoms with Crippen molar-refractivity contribution in [3.63, 3.8) is 0 Å². The summed E-state index contributed by atoms with van der Waals surface area (Å²) in [5.74, 6) is 0.788. The number of aliphatic imine (C=N–C) groups is 1. The molecule has 0 bridgehead atoms. The monoisotopic (exact) mass is 302 g/mol. The van der Waals surface area contributed by atoms with Gasteiger partial charge in [-0.15, -0.1) is 0 Å². The van der Waals surface area contributed by atoms with Crippen molar-refractivity contribution in [3.05, 3.63) is 64.9 Å². The van der Waals surface area contributed by atoms with Crippen LogP contribution in [0.4, 0.5) is 0 Å². The molecule has 0 radical (unpaired) electrons. The molecule has 1 aromatic carbocycles. The summed E-state index contributed by atoms with van der Waals surface area (Å²) in [6.07, 6.45) is 1.74. The number of halogens is 1. The molecular formula is C16H19ClN4. The number of guanidine groups is 1. The van der Waals surface area contributed by atoms with E-state index in [1.807, 2.05) is 31.2 Å². The van der Waals surface area contributed by atoms with Crippen LogP contribution in [0.3, 0.4) is 0 Å². The zero-order chi connectivity index (χ0) is 14.9. The van der Waals surface area contributed by atoms with Crippen LogP contribution in [0.5, 0.6) is 0 Å². The van der Waals surface area contributed by atoms with Gasteiger partial charge in [-0.2, -0.15) is 0 Å². The van der Waals surface area contributed by atoms with Gasteiger partial charge in [0.1, 0.15) is 5.15 Å². The SMILES string of the molecule is CCNC(=NCc1ccc(Cl)nc1)NCc1ccccc1. The Morgan fingerprint density at radius 2 is 1.90 bits per heavy atom. The molecule has 2 rings (SSSR count). The van der Waals surface area contributed by atoms with E-state index in [1.54, 1.807) is 12.3 Å². The lowest BCUT2D eigenvalue weighted by Gasteiger charge is -2.11. The molecule has 5 heteroatoms. The minimum absolute atomic E-state index is 0.497. The Bertz CT molecular complexity index is 567. The molecule has 0 saturated heterocycles. The zero-order valence-electron chi connectivity index (χ0n) is 12.0. The summed E-state index contributed by atoms with van der Waals surface area (Å²) in [6.45, 7) is 4.17. The first-order valence-electron chi connectivity index (χ1n) is 6.94. The number of hydrogen-bond donors (Lipinski definition) is 2. The van der Waals surface area contributed by atoms with E-state index in [9.17, 15) is 0 Å². The molecule has 0 spiro atoms. The predicted molar refractivity (Wildman–Crippen MR) is 87.3 cm³/mol. The van der Waals surface area contributed by atoms with Crippen LogP contribution in [0, 0.1) is 0 Å². The molecule has 2 N–H and O–H groups in total. The van der Waals surface area contributed by atoms with Crippen LogP contribution in [0.2, 0.25) is 5.15 Å². The number of aromatic nitrogens is 1. The highest BCUT2D eigenvalue weighted by Gasteiger charge is 1.99. The summed E-state index contributed by atoms with van der Waals surface area (Å²) >= 11 is 5.77. The molecule has 0 aliphatic rings. The van der Waals surface area contributed by atoms with Gasteiger partial charge in [0, 0.05) is 19.3 Å². The van der Waals surface area contributed by atoms with Gasteiger partial charge >= 0.3 is 0 Å². The molecule has 0 amide bonds. The van der Waals surface area contributed by atoms with Gasteiger partial charge in [0.25, 0.3) is 0 Å². The third-order valence-corrected chi connectivity index (χ3v) is 3.08. The quantitative estimate of drug-likeness (QED) is 0.507. The standard InChI is InChI=1S/C16H19ClN4/c1-2-18-16(20-10-13-6-4-3-5-7-13)21-12-14-8-9-15(17)19-11-14/h3-9,11H,2,10,12H2,1H3,(H2,18,20,21). The van der Waals surface area contributed by atoms with Gasteiger partial charge in [0.2, 0.25) is 0 Å². The van der Waals surface area contributed by atoms with Crippen molar-refractivity contribution >= 4 is 17.6 Å². The number of nitrogens with zero attached hydrogens (tertiary/aromatic N) is 2. The Hall–Kier alpha value is -2.07. The summed E-state index contributed by atoms with van der Waals surface area (Å²) in [5, 5.41) is 7.03. The Morgan fingerprint density at radius 1 is 1.10 bits per heavy atom. The largest absolute Gasteiger partial charge is 0.357 e. The molecule has 0 fully saturated rings. The number of hydrogen-bond acceptors (Lipinski definition) is 2. The highest BCUT2D eigenvalue weighted by atomic mass is 35.5. The van der Waals surface area contributed by atoms with Crippen LogP contribution >= 0.6 is 11.6 Å². The summed E-state index contributed by atoms with van der Waals surface area (Å²) in [6, 6.07) is 13.9. The van der Waals surface area contributed by atoms with Gasteiger partial charge < -0.3 is 10.6 Å². The van der Waals surface area contributed by atoms with E-state index in [1.165, 1.54) is 5.56 Å². The fraction of sp³-hybridized carbons (Fsp3) is 0.250. The molecule has 21 heavy (non-hydrogen) atoms. The first-order valence-corrected chi connectivity index (χ1v) is 7.32. The summed E-state index contributed by atoms with van der Waals surface area (Å²) in [5.41, 5.74) is 2.24. The molecule has 0 unspecified atom stereocenters. The molecule has 1 aromatic heterocycles. The van der Waals surface area contributed by atoms with Crippen LogP contribution in [0.15, 0.2) is 53.7 Å². The molecule has 0 saturated carbocycles. The van der Waals surface area contributed by atoms with E-state index in [0.717, 1.165) is 24.6 Å². The van der Waals surface area contributed by atoms with Crippen molar-refractivity contribution in [1.82, 2.24) is 15.6 Å². The van der Waals surface area contributed by atoms with Gasteiger partial charge in [-0.3, -0.25) is 0 Å². The lowest BCUT2D eigenvalue weighted by atomic mass is 10.2. The summed E-state index contributed by atoms with van der Waals surface area (Å²) < 4.78 is 0. The van der Waals surface area contributed by atoms with Crippen molar-refractivity contribution < 1.29 is 0 Å². The number of pyridine rings is 1. The van der Waals surface area contributed by atoms with Gasteiger partial charge in [-0.05, 0) is 24.1 Å². The van der Waals surface area contributed by atoms with Crippen molar-refractivity contribution in [1.29, 1.82) is 0 Å². The Morgan fingerprint density at radius 3 is 2.57 bits per heavy atom. The second kappa shape index (κ2) is 8.27. The average Bonchev–Trinajstić information content (AvgIpc) is 2.52. The van der Waals surface area contributed by atoms with E-state index in [-0.39, 0.29) is 0 Å². The molecule has 110 valence electrons. The Balaban J connectivity index is 1.94. The maximum absolute atomic E-state index is 5.77. The molecule has 0 aliphatic heterocycles. The third kappa shape index (κ3) is 5.44. The van der Waals surface area contributed by atoms with Gasteiger partial charge in [0.05, 0.1) is 6.54 Å². The first-order chi connectivity index (χ1) is 10.3. The van der Waals surface area contributed by atoms with Crippen LogP contribution < -0.4 is 10.6 Å². The van der Waals surface area contributed by atoms with E-state index < -0.39 is 0 Å². The number of benzene rings is 1. The lowest BCUT2D eigenvalue weighted by molar-refractivity contribution is 0.815.